The molecule has 2 rings (SSSR count). The van der Waals surface area contributed by atoms with Crippen LogP contribution in [0.3, 0.4) is 0 Å². The third-order valence-electron chi connectivity index (χ3n) is 4.88. The van der Waals surface area contributed by atoms with Crippen LogP contribution in [0.1, 0.15) is 84.3 Å². The maximum Gasteiger partial charge on any atom is 0.161 e. The maximum absolute atomic E-state index is 6.15. The third-order valence-corrected chi connectivity index (χ3v) is 4.88. The summed E-state index contributed by atoms with van der Waals surface area (Å²) >= 11 is 0. The fourth-order valence-corrected chi connectivity index (χ4v) is 3.14. The van der Waals surface area contributed by atoms with Crippen LogP contribution in [0.5, 0.6) is 5.75 Å². The maximum atomic E-state index is 6.15. The Kier molecular flexibility index (Phi) is 8.63. The number of oxime groups is 1. The predicted octanol–water partition coefficient (Wildman–Crippen LogP) is 7.07. The van der Waals surface area contributed by atoms with Crippen molar-refractivity contribution in [3.05, 3.63) is 46.5 Å². The minimum absolute atomic E-state index is 0.749. The van der Waals surface area contributed by atoms with Gasteiger partial charge in [0.25, 0.3) is 0 Å². The molecule has 27 heavy (non-hydrogen) atoms. The first kappa shape index (κ1) is 21.3. The van der Waals surface area contributed by atoms with E-state index in [0.717, 1.165) is 55.1 Å². The molecular weight excluding hydrogens is 334 g/mol. The van der Waals surface area contributed by atoms with Crippen molar-refractivity contribution in [2.45, 2.75) is 79.6 Å². The summed E-state index contributed by atoms with van der Waals surface area (Å²) in [6, 6.07) is 6.35. The van der Waals surface area contributed by atoms with E-state index < -0.39 is 0 Å². The fraction of sp³-hybridized carbons (Fsp3) is 0.542. The number of hydrogen-bond donors (Lipinski definition) is 0. The highest BCUT2D eigenvalue weighted by atomic mass is 16.6. The summed E-state index contributed by atoms with van der Waals surface area (Å²) in [6.07, 6.45) is 10.0. The van der Waals surface area contributed by atoms with E-state index in [-0.39, 0.29) is 0 Å². The van der Waals surface area contributed by atoms with Crippen molar-refractivity contribution in [3.63, 3.8) is 0 Å². The molecule has 1 aromatic rings. The van der Waals surface area contributed by atoms with Crippen LogP contribution in [0.25, 0.3) is 5.76 Å². The van der Waals surface area contributed by atoms with Crippen molar-refractivity contribution in [1.82, 2.24) is 0 Å². The summed E-state index contributed by atoms with van der Waals surface area (Å²) in [5.74, 6) is 1.81. The van der Waals surface area contributed by atoms with Crippen LogP contribution in [-0.2, 0) is 11.3 Å². The van der Waals surface area contributed by atoms with Gasteiger partial charge in [-0.25, -0.2) is 0 Å². The lowest BCUT2D eigenvalue weighted by Crippen LogP contribution is -2.05. The first-order valence-corrected chi connectivity index (χ1v) is 10.4. The largest absolute Gasteiger partial charge is 0.493 e. The second-order valence-corrected chi connectivity index (χ2v) is 7.51. The second kappa shape index (κ2) is 11.0. The van der Waals surface area contributed by atoms with Crippen molar-refractivity contribution in [2.24, 2.45) is 5.16 Å². The average molecular weight is 370 g/mol. The van der Waals surface area contributed by atoms with Crippen molar-refractivity contribution < 1.29 is 9.57 Å². The van der Waals surface area contributed by atoms with Crippen LogP contribution in [-0.4, -0.2) is 12.3 Å². The molecule has 0 heterocycles. The molecule has 1 aliphatic carbocycles. The number of allylic oxidation sites excluding steroid dienone is 2. The SMILES string of the molecule is CC/C=C(\ON=C(C)C)c1ccc(OCCC(C)=C2CCC2)c(CCC)c1. The molecule has 1 aromatic carbocycles. The Morgan fingerprint density at radius 2 is 1.93 bits per heavy atom. The highest BCUT2D eigenvalue weighted by Gasteiger charge is 2.13. The van der Waals surface area contributed by atoms with Crippen molar-refractivity contribution in [2.75, 3.05) is 6.61 Å². The Bertz CT molecular complexity index is 703. The van der Waals surface area contributed by atoms with Gasteiger partial charge in [-0.1, -0.05) is 36.6 Å². The normalized spacial score (nSPS) is 13.8. The molecule has 0 saturated heterocycles. The van der Waals surface area contributed by atoms with E-state index in [1.54, 1.807) is 5.57 Å². The number of benzene rings is 1. The molecule has 0 aliphatic heterocycles. The highest BCUT2D eigenvalue weighted by molar-refractivity contribution is 5.78. The summed E-state index contributed by atoms with van der Waals surface area (Å²) in [7, 11) is 0. The molecule has 0 unspecified atom stereocenters. The summed E-state index contributed by atoms with van der Waals surface area (Å²) in [5.41, 5.74) is 6.36. The monoisotopic (exact) mass is 369 g/mol. The van der Waals surface area contributed by atoms with Crippen molar-refractivity contribution in [1.29, 1.82) is 0 Å². The predicted molar refractivity (Wildman–Crippen MR) is 115 cm³/mol. The summed E-state index contributed by atoms with van der Waals surface area (Å²) in [5, 5.41) is 4.13. The van der Waals surface area contributed by atoms with Gasteiger partial charge in [0.1, 0.15) is 5.75 Å². The molecule has 148 valence electrons. The molecule has 0 bridgehead atoms. The zero-order chi connectivity index (χ0) is 19.6. The summed E-state index contributed by atoms with van der Waals surface area (Å²) < 4.78 is 6.15. The van der Waals surface area contributed by atoms with Crippen LogP contribution in [0.2, 0.25) is 0 Å². The number of ether oxygens (including phenoxy) is 1. The molecule has 0 amide bonds. The first-order chi connectivity index (χ1) is 13.0. The quantitative estimate of drug-likeness (QED) is 0.191. The van der Waals surface area contributed by atoms with Gasteiger partial charge in [0.15, 0.2) is 5.76 Å². The molecule has 0 N–H and O–H groups in total. The molecular formula is C24H35NO2. The van der Waals surface area contributed by atoms with E-state index in [2.05, 4.69) is 50.2 Å². The van der Waals surface area contributed by atoms with E-state index in [1.807, 2.05) is 13.8 Å². The van der Waals surface area contributed by atoms with Gasteiger partial charge >= 0.3 is 0 Å². The van der Waals surface area contributed by atoms with Crippen molar-refractivity contribution >= 4 is 11.5 Å². The van der Waals surface area contributed by atoms with E-state index in [4.69, 9.17) is 9.57 Å². The Balaban J connectivity index is 2.11. The van der Waals surface area contributed by atoms with E-state index >= 15 is 0 Å². The molecule has 1 saturated carbocycles. The Morgan fingerprint density at radius 1 is 1.15 bits per heavy atom. The van der Waals surface area contributed by atoms with Crippen LogP contribution >= 0.6 is 0 Å². The average Bonchev–Trinajstić information content (AvgIpc) is 2.58. The number of aryl methyl sites for hydroxylation is 1. The van der Waals surface area contributed by atoms with Gasteiger partial charge in [0.05, 0.1) is 12.3 Å². The third kappa shape index (κ3) is 6.57. The molecule has 0 atom stereocenters. The van der Waals surface area contributed by atoms with Gasteiger partial charge in [-0.05, 0) is 82.7 Å². The lowest BCUT2D eigenvalue weighted by molar-refractivity contribution is 0.296. The lowest BCUT2D eigenvalue weighted by Gasteiger charge is -2.20. The first-order valence-electron chi connectivity index (χ1n) is 10.4. The van der Waals surface area contributed by atoms with Gasteiger partial charge < -0.3 is 9.57 Å². The Hall–Kier alpha value is -2.03. The lowest BCUT2D eigenvalue weighted by atomic mass is 9.87. The molecule has 1 fully saturated rings. The second-order valence-electron chi connectivity index (χ2n) is 7.51. The summed E-state index contributed by atoms with van der Waals surface area (Å²) in [4.78, 5) is 5.66. The topological polar surface area (TPSA) is 30.8 Å². The molecule has 0 aromatic heterocycles. The minimum Gasteiger partial charge on any atom is -0.493 e. The molecule has 3 heteroatoms. The zero-order valence-corrected chi connectivity index (χ0v) is 17.7. The minimum atomic E-state index is 0.749. The summed E-state index contributed by atoms with van der Waals surface area (Å²) in [6.45, 7) is 11.2. The van der Waals surface area contributed by atoms with E-state index in [1.165, 1.54) is 30.4 Å². The van der Waals surface area contributed by atoms with Crippen LogP contribution < -0.4 is 4.74 Å². The number of nitrogens with zero attached hydrogens (tertiary/aromatic N) is 1. The van der Waals surface area contributed by atoms with E-state index in [9.17, 15) is 0 Å². The van der Waals surface area contributed by atoms with Gasteiger partial charge in [-0.3, -0.25) is 0 Å². The molecule has 1 aliphatic rings. The van der Waals surface area contributed by atoms with E-state index in [0.29, 0.717) is 0 Å². The highest BCUT2D eigenvalue weighted by Crippen LogP contribution is 2.30. The van der Waals surface area contributed by atoms with Crippen LogP contribution in [0.15, 0.2) is 40.6 Å². The number of hydrogen-bond acceptors (Lipinski definition) is 3. The molecule has 0 radical (unpaired) electrons. The van der Waals surface area contributed by atoms with Gasteiger partial charge in [-0.15, -0.1) is 0 Å². The van der Waals surface area contributed by atoms with Crippen LogP contribution in [0, 0.1) is 0 Å². The van der Waals surface area contributed by atoms with Crippen LogP contribution in [0.4, 0.5) is 0 Å². The van der Waals surface area contributed by atoms with Gasteiger partial charge in [0.2, 0.25) is 0 Å². The Morgan fingerprint density at radius 3 is 2.52 bits per heavy atom. The van der Waals surface area contributed by atoms with Crippen molar-refractivity contribution in [3.8, 4) is 5.75 Å². The molecule has 3 nitrogen and oxygen atoms in total. The fourth-order valence-electron chi connectivity index (χ4n) is 3.14. The standard InChI is InChI=1S/C24H35NO2/c1-6-9-21-17-22(24(10-7-2)27-25-18(3)4)13-14-23(21)26-16-15-19(5)20-11-8-12-20/h10,13-14,17H,6-9,11-12,15-16H2,1-5H3/b24-10-. The molecule has 0 spiro atoms. The van der Waals surface area contributed by atoms with Gasteiger partial charge in [-0.2, -0.15) is 0 Å². The zero-order valence-electron chi connectivity index (χ0n) is 17.7. The Labute approximate surface area is 165 Å². The van der Waals surface area contributed by atoms with Gasteiger partial charge in [0, 0.05) is 12.0 Å². The number of rotatable bonds is 10. The smallest absolute Gasteiger partial charge is 0.161 e.